The second-order valence-electron chi connectivity index (χ2n) is 6.70. The van der Waals surface area contributed by atoms with Crippen LogP contribution in [0.5, 0.6) is 0 Å². The van der Waals surface area contributed by atoms with Gasteiger partial charge in [0.15, 0.2) is 10.6 Å². The van der Waals surface area contributed by atoms with Crippen LogP contribution >= 0.6 is 28.1 Å². The van der Waals surface area contributed by atoms with Crippen molar-refractivity contribution in [2.24, 2.45) is 0 Å². The molecule has 0 radical (unpaired) electrons. The molecule has 0 saturated carbocycles. The fourth-order valence-corrected chi connectivity index (χ4v) is 3.53. The van der Waals surface area contributed by atoms with Gasteiger partial charge in [-0.05, 0) is 43.3 Å². The van der Waals surface area contributed by atoms with E-state index >= 15 is 0 Å². The average Bonchev–Trinajstić information content (AvgIpc) is 3.06. The molecule has 28 heavy (non-hydrogen) atoms. The molecule has 0 aliphatic heterocycles. The van der Waals surface area contributed by atoms with Gasteiger partial charge in [-0.25, -0.2) is 0 Å². The van der Waals surface area contributed by atoms with E-state index in [4.69, 9.17) is 12.2 Å². The molecule has 146 valence electrons. The van der Waals surface area contributed by atoms with Crippen molar-refractivity contribution in [3.8, 4) is 11.4 Å². The number of halogens is 1. The maximum absolute atomic E-state index is 12.6. The third kappa shape index (κ3) is 4.97. The number of amides is 1. The van der Waals surface area contributed by atoms with E-state index in [1.165, 1.54) is 5.56 Å². The summed E-state index contributed by atoms with van der Waals surface area (Å²) in [5.41, 5.74) is 3.25. The summed E-state index contributed by atoms with van der Waals surface area (Å²) >= 11 is 8.80. The normalized spacial score (nSPS) is 12.0. The minimum Gasteiger partial charge on any atom is -0.349 e. The lowest BCUT2D eigenvalue weighted by molar-refractivity contribution is -0.122. The van der Waals surface area contributed by atoms with E-state index in [0.29, 0.717) is 17.7 Å². The predicted molar refractivity (Wildman–Crippen MR) is 118 cm³/mol. The highest BCUT2D eigenvalue weighted by Crippen LogP contribution is 2.21. The molecule has 5 nitrogen and oxygen atoms in total. The molecule has 1 amide bonds. The van der Waals surface area contributed by atoms with E-state index < -0.39 is 0 Å². The molecule has 1 unspecified atom stereocenters. The number of aryl methyl sites for hydroxylation is 1. The van der Waals surface area contributed by atoms with Crippen molar-refractivity contribution in [1.29, 1.82) is 0 Å². The van der Waals surface area contributed by atoms with Gasteiger partial charge in [-0.3, -0.25) is 14.5 Å². The van der Waals surface area contributed by atoms with Crippen LogP contribution in [-0.4, -0.2) is 20.7 Å². The van der Waals surface area contributed by atoms with Crippen LogP contribution in [0.15, 0.2) is 53.0 Å². The Bertz CT molecular complexity index is 992. The number of nitrogens with zero attached hydrogens (tertiary/aromatic N) is 2. The monoisotopic (exact) mass is 458 g/mol. The SMILES string of the molecule is CCC(NC(=O)CCn1c(-c2ccc(C)cc2)n[nH]c1=S)c1ccc(Br)cc1. The third-order valence-electron chi connectivity index (χ3n) is 4.65. The van der Waals surface area contributed by atoms with E-state index in [0.717, 1.165) is 27.8 Å². The highest BCUT2D eigenvalue weighted by Gasteiger charge is 2.14. The van der Waals surface area contributed by atoms with E-state index in [1.807, 2.05) is 60.0 Å². The molecule has 3 rings (SSSR count). The molecule has 0 aliphatic carbocycles. The Morgan fingerprint density at radius 1 is 1.21 bits per heavy atom. The first-order chi connectivity index (χ1) is 13.5. The van der Waals surface area contributed by atoms with Crippen molar-refractivity contribution < 1.29 is 4.79 Å². The fraction of sp³-hybridized carbons (Fsp3) is 0.286. The quantitative estimate of drug-likeness (QED) is 0.469. The zero-order valence-corrected chi connectivity index (χ0v) is 18.3. The number of carbonyl (C=O) groups is 1. The summed E-state index contributed by atoms with van der Waals surface area (Å²) in [5.74, 6) is 0.741. The summed E-state index contributed by atoms with van der Waals surface area (Å²) in [6, 6.07) is 16.1. The van der Waals surface area contributed by atoms with Gasteiger partial charge in [0.25, 0.3) is 0 Å². The number of rotatable bonds is 7. The molecule has 3 aromatic rings. The van der Waals surface area contributed by atoms with Gasteiger partial charge in [-0.2, -0.15) is 5.10 Å². The fourth-order valence-electron chi connectivity index (χ4n) is 3.04. The number of H-pyrrole nitrogens is 1. The molecule has 0 aliphatic rings. The Labute approximate surface area is 178 Å². The van der Waals surface area contributed by atoms with Crippen LogP contribution in [0, 0.1) is 11.7 Å². The predicted octanol–water partition coefficient (Wildman–Crippen LogP) is 5.34. The number of nitrogens with one attached hydrogen (secondary N) is 2. The Morgan fingerprint density at radius 3 is 2.54 bits per heavy atom. The topological polar surface area (TPSA) is 62.7 Å². The van der Waals surface area contributed by atoms with Crippen LogP contribution in [0.4, 0.5) is 0 Å². The summed E-state index contributed by atoms with van der Waals surface area (Å²) in [4.78, 5) is 12.6. The highest BCUT2D eigenvalue weighted by molar-refractivity contribution is 9.10. The number of aromatic amines is 1. The van der Waals surface area contributed by atoms with Gasteiger partial charge >= 0.3 is 0 Å². The molecular formula is C21H23BrN4OS. The number of aromatic nitrogens is 3. The number of hydrogen-bond acceptors (Lipinski definition) is 3. The molecule has 1 atom stereocenters. The van der Waals surface area contributed by atoms with Crippen molar-refractivity contribution >= 4 is 34.1 Å². The van der Waals surface area contributed by atoms with Crippen molar-refractivity contribution in [2.75, 3.05) is 0 Å². The lowest BCUT2D eigenvalue weighted by Crippen LogP contribution is -2.29. The van der Waals surface area contributed by atoms with Crippen molar-refractivity contribution in [1.82, 2.24) is 20.1 Å². The first-order valence-corrected chi connectivity index (χ1v) is 10.4. The molecule has 2 aromatic carbocycles. The first kappa shape index (κ1) is 20.5. The van der Waals surface area contributed by atoms with Crippen LogP contribution < -0.4 is 5.32 Å². The Kier molecular flexibility index (Phi) is 6.80. The third-order valence-corrected chi connectivity index (χ3v) is 5.49. The maximum atomic E-state index is 12.6. The largest absolute Gasteiger partial charge is 0.349 e. The van der Waals surface area contributed by atoms with Gasteiger partial charge in [0, 0.05) is 23.0 Å². The van der Waals surface area contributed by atoms with Crippen molar-refractivity contribution in [2.45, 2.75) is 39.3 Å². The molecule has 2 N–H and O–H groups in total. The van der Waals surface area contributed by atoms with Gasteiger partial charge in [0.05, 0.1) is 6.04 Å². The van der Waals surface area contributed by atoms with Crippen molar-refractivity contribution in [3.05, 3.63) is 68.9 Å². The Hall–Kier alpha value is -2.25. The van der Waals surface area contributed by atoms with Crippen LogP contribution in [-0.2, 0) is 11.3 Å². The lowest BCUT2D eigenvalue weighted by Gasteiger charge is -2.18. The standard InChI is InChI=1S/C21H23BrN4OS/c1-3-18(15-8-10-17(22)11-9-15)23-19(27)12-13-26-20(24-25-21(26)28)16-6-4-14(2)5-7-16/h4-11,18H,3,12-13H2,1-2H3,(H,23,27)(H,25,28). The second kappa shape index (κ2) is 9.30. The van der Waals surface area contributed by atoms with Gasteiger partial charge < -0.3 is 5.32 Å². The maximum Gasteiger partial charge on any atom is 0.222 e. The average molecular weight is 459 g/mol. The summed E-state index contributed by atoms with van der Waals surface area (Å²) in [6.45, 7) is 4.58. The minimum absolute atomic E-state index is 0.00510. The molecule has 1 aromatic heterocycles. The van der Waals surface area contributed by atoms with E-state index in [2.05, 4.69) is 38.4 Å². The lowest BCUT2D eigenvalue weighted by atomic mass is 10.0. The zero-order chi connectivity index (χ0) is 20.1. The van der Waals surface area contributed by atoms with Crippen LogP contribution in [0.2, 0.25) is 0 Å². The minimum atomic E-state index is -0.00674. The summed E-state index contributed by atoms with van der Waals surface area (Å²) in [6.07, 6.45) is 1.16. The van der Waals surface area contributed by atoms with Crippen LogP contribution in [0.25, 0.3) is 11.4 Å². The van der Waals surface area contributed by atoms with Crippen molar-refractivity contribution in [3.63, 3.8) is 0 Å². The van der Waals surface area contributed by atoms with Gasteiger partial charge in [-0.15, -0.1) is 0 Å². The second-order valence-corrected chi connectivity index (χ2v) is 8.00. The van der Waals surface area contributed by atoms with E-state index in [-0.39, 0.29) is 11.9 Å². The number of carbonyl (C=O) groups excluding carboxylic acids is 1. The van der Waals surface area contributed by atoms with E-state index in [9.17, 15) is 4.79 Å². The van der Waals surface area contributed by atoms with Crippen LogP contribution in [0.3, 0.4) is 0 Å². The molecule has 0 saturated heterocycles. The summed E-state index contributed by atoms with van der Waals surface area (Å²) in [5, 5.41) is 10.3. The first-order valence-electron chi connectivity index (χ1n) is 9.25. The zero-order valence-electron chi connectivity index (χ0n) is 15.9. The number of hydrogen-bond donors (Lipinski definition) is 2. The molecule has 0 fully saturated rings. The summed E-state index contributed by atoms with van der Waals surface area (Å²) in [7, 11) is 0. The Balaban J connectivity index is 1.67. The van der Waals surface area contributed by atoms with Gasteiger partial charge in [0.2, 0.25) is 5.91 Å². The molecule has 0 bridgehead atoms. The molecule has 1 heterocycles. The van der Waals surface area contributed by atoms with Gasteiger partial charge in [0.1, 0.15) is 0 Å². The number of benzene rings is 2. The molecule has 0 spiro atoms. The van der Waals surface area contributed by atoms with Gasteiger partial charge in [-0.1, -0.05) is 64.8 Å². The smallest absolute Gasteiger partial charge is 0.222 e. The van der Waals surface area contributed by atoms with E-state index in [1.54, 1.807) is 0 Å². The van der Waals surface area contributed by atoms with Crippen LogP contribution in [0.1, 0.15) is 36.9 Å². The summed E-state index contributed by atoms with van der Waals surface area (Å²) < 4.78 is 3.42. The molecule has 7 heteroatoms. The highest BCUT2D eigenvalue weighted by atomic mass is 79.9. The Morgan fingerprint density at radius 2 is 1.89 bits per heavy atom. The molecular weight excluding hydrogens is 436 g/mol.